The maximum atomic E-state index is 12.7. The Hall–Kier alpha value is -1.35. The molecule has 116 valence electrons. The van der Waals surface area contributed by atoms with E-state index in [1.165, 1.54) is 16.7 Å². The molecule has 1 aliphatic heterocycles. The lowest BCUT2D eigenvalue weighted by Gasteiger charge is -2.25. The maximum Gasteiger partial charge on any atom is 0.241 e. The molecule has 0 aromatic heterocycles. The van der Waals surface area contributed by atoms with E-state index in [9.17, 15) is 4.79 Å². The second-order valence-electron chi connectivity index (χ2n) is 6.32. The number of nitrogens with one attached hydrogen (secondary N) is 1. The van der Waals surface area contributed by atoms with Crippen molar-refractivity contribution >= 4 is 5.91 Å². The zero-order chi connectivity index (χ0) is 15.6. The number of hydrogen-bond donors (Lipinski definition) is 1. The first-order valence-corrected chi connectivity index (χ1v) is 8.13. The number of hydrogen-bond acceptors (Lipinski definition) is 2. The summed E-state index contributed by atoms with van der Waals surface area (Å²) in [5, 5.41) is 3.58. The van der Waals surface area contributed by atoms with Crippen LogP contribution in [-0.4, -0.2) is 23.4 Å². The third-order valence-electron chi connectivity index (χ3n) is 4.60. The minimum absolute atomic E-state index is 0.0250. The van der Waals surface area contributed by atoms with E-state index in [1.807, 2.05) is 4.90 Å². The van der Waals surface area contributed by atoms with Gasteiger partial charge in [-0.15, -0.1) is 0 Å². The standard InChI is InChI=1S/C18H28N2O/c1-6-10-20-17(15-9-8-12(3)11-14(15)5)19-16(18(20)21)13(4)7-2/h8-9,11,13,16-17,19H,6-7,10H2,1-5H3. The predicted molar refractivity (Wildman–Crippen MR) is 87.0 cm³/mol. The van der Waals surface area contributed by atoms with Crippen LogP contribution in [0.15, 0.2) is 18.2 Å². The van der Waals surface area contributed by atoms with E-state index in [2.05, 4.69) is 58.1 Å². The molecule has 1 heterocycles. The van der Waals surface area contributed by atoms with Gasteiger partial charge in [-0.25, -0.2) is 0 Å². The van der Waals surface area contributed by atoms with Crippen LogP contribution in [0.25, 0.3) is 0 Å². The largest absolute Gasteiger partial charge is 0.322 e. The highest BCUT2D eigenvalue weighted by Crippen LogP contribution is 2.31. The summed E-state index contributed by atoms with van der Waals surface area (Å²) < 4.78 is 0. The van der Waals surface area contributed by atoms with Gasteiger partial charge in [-0.05, 0) is 37.3 Å². The van der Waals surface area contributed by atoms with Crippen molar-refractivity contribution in [2.75, 3.05) is 6.54 Å². The molecule has 1 fully saturated rings. The molecule has 2 rings (SSSR count). The van der Waals surface area contributed by atoms with E-state index in [-0.39, 0.29) is 18.1 Å². The number of aryl methyl sites for hydroxylation is 2. The van der Waals surface area contributed by atoms with Gasteiger partial charge in [0.2, 0.25) is 5.91 Å². The Morgan fingerprint density at radius 3 is 2.57 bits per heavy atom. The van der Waals surface area contributed by atoms with Crippen LogP contribution < -0.4 is 5.32 Å². The molecular formula is C18H28N2O. The maximum absolute atomic E-state index is 12.7. The Kier molecular flexibility index (Phi) is 5.04. The van der Waals surface area contributed by atoms with Gasteiger partial charge >= 0.3 is 0 Å². The Morgan fingerprint density at radius 2 is 2.00 bits per heavy atom. The third-order valence-corrected chi connectivity index (χ3v) is 4.60. The molecule has 1 aromatic carbocycles. The number of benzene rings is 1. The molecule has 0 aliphatic carbocycles. The van der Waals surface area contributed by atoms with E-state index in [0.717, 1.165) is 19.4 Å². The van der Waals surface area contributed by atoms with Crippen LogP contribution >= 0.6 is 0 Å². The molecule has 1 N–H and O–H groups in total. The van der Waals surface area contributed by atoms with Crippen LogP contribution in [0.4, 0.5) is 0 Å². The molecule has 0 spiro atoms. The van der Waals surface area contributed by atoms with Gasteiger partial charge in [-0.1, -0.05) is 51.0 Å². The first-order valence-electron chi connectivity index (χ1n) is 8.13. The molecular weight excluding hydrogens is 260 g/mol. The monoisotopic (exact) mass is 288 g/mol. The fraction of sp³-hybridized carbons (Fsp3) is 0.611. The molecule has 3 unspecified atom stereocenters. The lowest BCUT2D eigenvalue weighted by molar-refractivity contribution is -0.131. The summed E-state index contributed by atoms with van der Waals surface area (Å²) in [5.41, 5.74) is 3.75. The van der Waals surface area contributed by atoms with Crippen LogP contribution in [0.3, 0.4) is 0 Å². The van der Waals surface area contributed by atoms with Crippen molar-refractivity contribution in [3.8, 4) is 0 Å². The number of nitrogens with zero attached hydrogens (tertiary/aromatic N) is 1. The minimum atomic E-state index is -0.0488. The normalized spacial score (nSPS) is 23.7. The summed E-state index contributed by atoms with van der Waals surface area (Å²) in [6, 6.07) is 6.45. The lowest BCUT2D eigenvalue weighted by Crippen LogP contribution is -2.35. The zero-order valence-corrected chi connectivity index (χ0v) is 13.9. The van der Waals surface area contributed by atoms with Gasteiger partial charge in [-0.2, -0.15) is 0 Å². The molecule has 1 saturated heterocycles. The molecule has 1 amide bonds. The highest BCUT2D eigenvalue weighted by molar-refractivity contribution is 5.85. The highest BCUT2D eigenvalue weighted by Gasteiger charge is 2.41. The van der Waals surface area contributed by atoms with Crippen molar-refractivity contribution in [1.29, 1.82) is 0 Å². The molecule has 3 atom stereocenters. The van der Waals surface area contributed by atoms with E-state index in [0.29, 0.717) is 5.92 Å². The minimum Gasteiger partial charge on any atom is -0.322 e. The average molecular weight is 288 g/mol. The smallest absolute Gasteiger partial charge is 0.241 e. The van der Waals surface area contributed by atoms with Crippen LogP contribution in [0.2, 0.25) is 0 Å². The molecule has 3 heteroatoms. The first-order chi connectivity index (χ1) is 9.99. The van der Waals surface area contributed by atoms with Gasteiger partial charge in [0.05, 0.1) is 6.04 Å². The van der Waals surface area contributed by atoms with E-state index in [4.69, 9.17) is 0 Å². The Bertz CT molecular complexity index is 512. The summed E-state index contributed by atoms with van der Waals surface area (Å²) >= 11 is 0. The van der Waals surface area contributed by atoms with Crippen molar-refractivity contribution in [3.05, 3.63) is 34.9 Å². The molecule has 1 aliphatic rings. The molecule has 21 heavy (non-hydrogen) atoms. The van der Waals surface area contributed by atoms with E-state index >= 15 is 0 Å². The topological polar surface area (TPSA) is 32.3 Å². The molecule has 0 radical (unpaired) electrons. The van der Waals surface area contributed by atoms with Gasteiger partial charge in [-0.3, -0.25) is 10.1 Å². The van der Waals surface area contributed by atoms with Gasteiger partial charge in [0, 0.05) is 6.54 Å². The predicted octanol–water partition coefficient (Wildman–Crippen LogP) is 3.56. The second kappa shape index (κ2) is 6.61. The second-order valence-corrected chi connectivity index (χ2v) is 6.32. The van der Waals surface area contributed by atoms with Crippen molar-refractivity contribution in [1.82, 2.24) is 10.2 Å². The molecule has 1 aromatic rings. The summed E-state index contributed by atoms with van der Waals surface area (Å²) in [5.74, 6) is 0.629. The molecule has 0 bridgehead atoms. The van der Waals surface area contributed by atoms with Gasteiger partial charge in [0.25, 0.3) is 0 Å². The van der Waals surface area contributed by atoms with Gasteiger partial charge in [0.1, 0.15) is 6.17 Å². The number of carbonyl (C=O) groups excluding carboxylic acids is 1. The van der Waals surface area contributed by atoms with Gasteiger partial charge < -0.3 is 4.90 Å². The van der Waals surface area contributed by atoms with Gasteiger partial charge in [0.15, 0.2) is 0 Å². The van der Waals surface area contributed by atoms with Crippen molar-refractivity contribution < 1.29 is 4.79 Å². The van der Waals surface area contributed by atoms with Crippen molar-refractivity contribution in [3.63, 3.8) is 0 Å². The fourth-order valence-electron chi connectivity index (χ4n) is 3.15. The SMILES string of the molecule is CCCN1C(=O)C(C(C)CC)NC1c1ccc(C)cc1C. The molecule has 0 saturated carbocycles. The Balaban J connectivity index is 2.33. The first kappa shape index (κ1) is 16.0. The van der Waals surface area contributed by atoms with Crippen LogP contribution in [0.1, 0.15) is 56.5 Å². The average Bonchev–Trinajstić information content (AvgIpc) is 2.76. The van der Waals surface area contributed by atoms with Crippen LogP contribution in [0.5, 0.6) is 0 Å². The quantitative estimate of drug-likeness (QED) is 0.898. The van der Waals surface area contributed by atoms with E-state index < -0.39 is 0 Å². The fourth-order valence-corrected chi connectivity index (χ4v) is 3.15. The van der Waals surface area contributed by atoms with Crippen molar-refractivity contribution in [2.45, 2.75) is 59.7 Å². The number of carbonyl (C=O) groups is 1. The lowest BCUT2D eigenvalue weighted by atomic mass is 9.99. The third kappa shape index (κ3) is 3.13. The van der Waals surface area contributed by atoms with E-state index in [1.54, 1.807) is 0 Å². The zero-order valence-electron chi connectivity index (χ0n) is 13.9. The summed E-state index contributed by atoms with van der Waals surface area (Å²) in [6.07, 6.45) is 2.03. The summed E-state index contributed by atoms with van der Waals surface area (Å²) in [6.45, 7) is 11.5. The summed E-state index contributed by atoms with van der Waals surface area (Å²) in [7, 11) is 0. The van der Waals surface area contributed by atoms with Crippen LogP contribution in [-0.2, 0) is 4.79 Å². The molecule has 3 nitrogen and oxygen atoms in total. The number of rotatable bonds is 5. The highest BCUT2D eigenvalue weighted by atomic mass is 16.2. The Morgan fingerprint density at radius 1 is 1.29 bits per heavy atom. The number of amides is 1. The van der Waals surface area contributed by atoms with Crippen LogP contribution in [0, 0.1) is 19.8 Å². The summed E-state index contributed by atoms with van der Waals surface area (Å²) in [4.78, 5) is 14.7. The Labute approximate surface area is 128 Å². The van der Waals surface area contributed by atoms with Crippen molar-refractivity contribution in [2.24, 2.45) is 5.92 Å².